The number of hydrogen-bond donors (Lipinski definition) is 3. The van der Waals surface area contributed by atoms with Crippen LogP contribution in [-0.4, -0.2) is 53.6 Å². The Morgan fingerprint density at radius 2 is 1.89 bits per heavy atom. The Morgan fingerprint density at radius 1 is 1.20 bits per heavy atom. The fourth-order valence-corrected chi connectivity index (χ4v) is 3.15. The van der Waals surface area contributed by atoms with Crippen molar-refractivity contribution in [2.75, 3.05) is 25.6 Å². The van der Waals surface area contributed by atoms with E-state index in [-0.39, 0.29) is 24.2 Å². The van der Waals surface area contributed by atoms with E-state index in [1.807, 2.05) is 0 Å². The third kappa shape index (κ3) is 6.83. The van der Waals surface area contributed by atoms with Crippen molar-refractivity contribution in [3.63, 3.8) is 0 Å². The smallest absolute Gasteiger partial charge is 0.475 e. The van der Waals surface area contributed by atoms with Gasteiger partial charge in [-0.3, -0.25) is 4.79 Å². The van der Waals surface area contributed by atoms with Gasteiger partial charge in [-0.15, -0.1) is 0 Å². The summed E-state index contributed by atoms with van der Waals surface area (Å²) >= 11 is 0. The van der Waals surface area contributed by atoms with Gasteiger partial charge in [-0.05, 0) is 60.5 Å². The van der Waals surface area contributed by atoms with Crippen molar-refractivity contribution in [2.45, 2.75) is 19.1 Å². The second-order valence-electron chi connectivity index (χ2n) is 7.31. The Kier molecular flexibility index (Phi) is 8.14. The highest BCUT2D eigenvalue weighted by Gasteiger charge is 2.38. The monoisotopic (exact) mass is 496 g/mol. The number of nitrogens with zero attached hydrogens (tertiary/aromatic N) is 2. The molecule has 3 N–H and O–H groups in total. The molecule has 1 aliphatic heterocycles. The molecule has 0 saturated carbocycles. The minimum atomic E-state index is -5.08. The molecule has 4 rings (SSSR count). The van der Waals surface area contributed by atoms with E-state index in [0.29, 0.717) is 29.2 Å². The number of nitrogens with one attached hydrogen (secondary N) is 2. The molecule has 1 aliphatic rings. The zero-order valence-corrected chi connectivity index (χ0v) is 18.3. The molecular formula is C22H20F4N4O5. The summed E-state index contributed by atoms with van der Waals surface area (Å²) in [5.41, 5.74) is 3.68. The van der Waals surface area contributed by atoms with Crippen LogP contribution in [0.2, 0.25) is 0 Å². The predicted octanol–water partition coefficient (Wildman–Crippen LogP) is 3.41. The van der Waals surface area contributed by atoms with E-state index >= 15 is 0 Å². The van der Waals surface area contributed by atoms with Crippen LogP contribution >= 0.6 is 0 Å². The highest BCUT2D eigenvalue weighted by Crippen LogP contribution is 2.28. The number of benzene rings is 2. The quantitative estimate of drug-likeness (QED) is 0.459. The lowest BCUT2D eigenvalue weighted by molar-refractivity contribution is -0.192. The molecule has 35 heavy (non-hydrogen) atoms. The lowest BCUT2D eigenvalue weighted by Crippen LogP contribution is -2.23. The Morgan fingerprint density at radius 3 is 2.51 bits per heavy atom. The molecule has 1 amide bonds. The number of carboxylic acid groups (broad SMARTS) is 1. The largest absolute Gasteiger partial charge is 0.490 e. The van der Waals surface area contributed by atoms with Gasteiger partial charge in [0.1, 0.15) is 12.4 Å². The van der Waals surface area contributed by atoms with Crippen LogP contribution in [0.15, 0.2) is 40.9 Å². The van der Waals surface area contributed by atoms with Gasteiger partial charge < -0.3 is 25.0 Å². The van der Waals surface area contributed by atoms with Crippen molar-refractivity contribution in [3.05, 3.63) is 53.3 Å². The minimum absolute atomic E-state index is 0.0155. The molecule has 13 heteroatoms. The minimum Gasteiger partial charge on any atom is -0.475 e. The summed E-state index contributed by atoms with van der Waals surface area (Å²) in [6.07, 6.45) is -4.25. The number of fused-ring (bicyclic) bond motifs is 1. The number of carbonyl (C=O) groups excluding carboxylic acids is 1. The van der Waals surface area contributed by atoms with E-state index in [1.54, 1.807) is 30.3 Å². The Hall–Kier alpha value is -3.84. The molecule has 0 spiro atoms. The topological polar surface area (TPSA) is 127 Å². The molecule has 186 valence electrons. The van der Waals surface area contributed by atoms with E-state index in [1.165, 1.54) is 13.2 Å². The first-order chi connectivity index (χ1) is 16.6. The van der Waals surface area contributed by atoms with Crippen molar-refractivity contribution in [1.29, 1.82) is 0 Å². The SMILES string of the molecule is COCC(=O)Nc1ccc(-c2noc(-c3cc4c(cc3F)CNCC4)n2)cc1.O=C(O)C(F)(F)F. The van der Waals surface area contributed by atoms with Crippen LogP contribution in [0.5, 0.6) is 0 Å². The maximum absolute atomic E-state index is 14.5. The summed E-state index contributed by atoms with van der Waals surface area (Å²) in [4.78, 5) is 24.8. The first-order valence-electron chi connectivity index (χ1n) is 10.1. The standard InChI is InChI=1S/C20H19FN4O3.C2HF3O2/c1-27-11-18(26)23-15-4-2-12(3-5-15)19-24-20(28-25-19)16-8-13-6-7-22-10-14(13)9-17(16)21;3-2(4,5)1(6)7/h2-5,8-9,22H,6-7,10-11H2,1H3,(H,23,26);(H,6,7). The first kappa shape index (κ1) is 25.8. The molecule has 3 aromatic rings. The lowest BCUT2D eigenvalue weighted by atomic mass is 9.98. The summed E-state index contributed by atoms with van der Waals surface area (Å²) in [5.74, 6) is -2.88. The van der Waals surface area contributed by atoms with Crippen molar-refractivity contribution < 1.29 is 41.5 Å². The van der Waals surface area contributed by atoms with Crippen LogP contribution in [0.4, 0.5) is 23.2 Å². The van der Waals surface area contributed by atoms with Crippen molar-refractivity contribution in [3.8, 4) is 22.8 Å². The van der Waals surface area contributed by atoms with Gasteiger partial charge in [-0.25, -0.2) is 9.18 Å². The van der Waals surface area contributed by atoms with E-state index in [4.69, 9.17) is 19.2 Å². The molecule has 9 nitrogen and oxygen atoms in total. The number of hydrogen-bond acceptors (Lipinski definition) is 7. The van der Waals surface area contributed by atoms with Gasteiger partial charge >= 0.3 is 12.1 Å². The van der Waals surface area contributed by atoms with Gasteiger partial charge in [0, 0.05) is 24.9 Å². The number of anilines is 1. The van der Waals surface area contributed by atoms with Gasteiger partial charge in [-0.1, -0.05) is 5.16 Å². The van der Waals surface area contributed by atoms with Crippen molar-refractivity contribution >= 4 is 17.6 Å². The number of amides is 1. The normalized spacial score (nSPS) is 12.8. The zero-order chi connectivity index (χ0) is 25.6. The molecule has 0 aliphatic carbocycles. The van der Waals surface area contributed by atoms with Crippen LogP contribution in [0.25, 0.3) is 22.8 Å². The highest BCUT2D eigenvalue weighted by atomic mass is 19.4. The summed E-state index contributed by atoms with van der Waals surface area (Å²) in [7, 11) is 1.46. The van der Waals surface area contributed by atoms with Crippen molar-refractivity contribution in [1.82, 2.24) is 15.5 Å². The number of halogens is 4. The molecule has 0 radical (unpaired) electrons. The molecule has 2 heterocycles. The Labute approximate surface area is 196 Å². The lowest BCUT2D eigenvalue weighted by Gasteiger charge is -2.17. The third-order valence-corrected chi connectivity index (χ3v) is 4.78. The second-order valence-corrected chi connectivity index (χ2v) is 7.31. The number of ether oxygens (including phenoxy) is 1. The number of carbonyl (C=O) groups is 2. The fourth-order valence-electron chi connectivity index (χ4n) is 3.15. The zero-order valence-electron chi connectivity index (χ0n) is 18.3. The van der Waals surface area contributed by atoms with Gasteiger partial charge in [0.25, 0.3) is 5.89 Å². The Balaban J connectivity index is 0.000000429. The van der Waals surface area contributed by atoms with Crippen LogP contribution in [0.3, 0.4) is 0 Å². The Bertz CT molecular complexity index is 1200. The first-order valence-corrected chi connectivity index (χ1v) is 10.1. The van der Waals surface area contributed by atoms with E-state index in [2.05, 4.69) is 20.8 Å². The summed E-state index contributed by atoms with van der Waals surface area (Å²) in [5, 5.41) is 17.0. The maximum Gasteiger partial charge on any atom is 0.490 e. The van der Waals surface area contributed by atoms with E-state index in [9.17, 15) is 22.4 Å². The molecule has 2 aromatic carbocycles. The molecule has 0 bridgehead atoms. The molecular weight excluding hydrogens is 476 g/mol. The number of alkyl halides is 3. The summed E-state index contributed by atoms with van der Waals surface area (Å²) in [6.45, 7) is 1.51. The van der Waals surface area contributed by atoms with Crippen LogP contribution < -0.4 is 10.6 Å². The van der Waals surface area contributed by atoms with Gasteiger partial charge in [-0.2, -0.15) is 18.2 Å². The summed E-state index contributed by atoms with van der Waals surface area (Å²) < 4.78 is 56.3. The second kappa shape index (κ2) is 11.1. The number of methoxy groups -OCH3 is 1. The van der Waals surface area contributed by atoms with Crippen LogP contribution in [0.1, 0.15) is 11.1 Å². The van der Waals surface area contributed by atoms with E-state index in [0.717, 1.165) is 24.1 Å². The highest BCUT2D eigenvalue weighted by molar-refractivity contribution is 5.91. The average molecular weight is 496 g/mol. The molecule has 0 unspecified atom stereocenters. The number of carboxylic acids is 1. The summed E-state index contributed by atoms with van der Waals surface area (Å²) in [6, 6.07) is 10.3. The van der Waals surface area contributed by atoms with Gasteiger partial charge in [0.15, 0.2) is 0 Å². The van der Waals surface area contributed by atoms with Gasteiger partial charge in [0.05, 0.1) is 5.56 Å². The van der Waals surface area contributed by atoms with Crippen molar-refractivity contribution in [2.24, 2.45) is 0 Å². The maximum atomic E-state index is 14.5. The van der Waals surface area contributed by atoms with Gasteiger partial charge in [0.2, 0.25) is 11.7 Å². The van der Waals surface area contributed by atoms with Crippen LogP contribution in [-0.2, 0) is 27.3 Å². The van der Waals surface area contributed by atoms with E-state index < -0.39 is 12.1 Å². The third-order valence-electron chi connectivity index (χ3n) is 4.78. The predicted molar refractivity (Wildman–Crippen MR) is 115 cm³/mol. The molecule has 0 fully saturated rings. The number of rotatable bonds is 5. The number of aliphatic carboxylic acids is 1. The van der Waals surface area contributed by atoms with Crippen LogP contribution in [0, 0.1) is 5.82 Å². The number of aromatic nitrogens is 2. The molecule has 0 atom stereocenters. The molecule has 0 saturated heterocycles. The fraction of sp³-hybridized carbons (Fsp3) is 0.273. The molecule has 1 aromatic heterocycles. The average Bonchev–Trinajstić information content (AvgIpc) is 3.29.